The predicted molar refractivity (Wildman–Crippen MR) is 105 cm³/mol. The van der Waals surface area contributed by atoms with Crippen molar-refractivity contribution < 1.29 is 4.79 Å². The summed E-state index contributed by atoms with van der Waals surface area (Å²) in [6, 6.07) is 15.3. The van der Waals surface area contributed by atoms with Gasteiger partial charge in [-0.1, -0.05) is 41.9 Å². The second kappa shape index (κ2) is 8.52. The first-order valence-electron chi connectivity index (χ1n) is 7.73. The summed E-state index contributed by atoms with van der Waals surface area (Å²) in [5.74, 6) is 0.739. The lowest BCUT2D eigenvalue weighted by atomic mass is 10.1. The average molecular weight is 389 g/mol. The minimum Gasteiger partial charge on any atom is -0.337 e. The SMILES string of the molecule is CN(Cc1ccccc1Cl)C(=O)c1ccccc1SCc1cscn1. The van der Waals surface area contributed by atoms with Gasteiger partial charge in [0.1, 0.15) is 0 Å². The fourth-order valence-electron chi connectivity index (χ4n) is 2.39. The molecule has 3 nitrogen and oxygen atoms in total. The number of halogens is 1. The highest BCUT2D eigenvalue weighted by molar-refractivity contribution is 7.98. The lowest BCUT2D eigenvalue weighted by Gasteiger charge is -2.19. The van der Waals surface area contributed by atoms with Gasteiger partial charge in [0.05, 0.1) is 16.8 Å². The Labute approximate surface area is 160 Å². The van der Waals surface area contributed by atoms with Gasteiger partial charge < -0.3 is 4.90 Å². The molecule has 1 aromatic heterocycles. The van der Waals surface area contributed by atoms with E-state index in [1.54, 1.807) is 35.0 Å². The van der Waals surface area contributed by atoms with Gasteiger partial charge in [-0.3, -0.25) is 4.79 Å². The monoisotopic (exact) mass is 388 g/mol. The maximum atomic E-state index is 12.9. The Hall–Kier alpha value is -1.82. The van der Waals surface area contributed by atoms with Crippen LogP contribution in [-0.4, -0.2) is 22.8 Å². The molecule has 0 aliphatic carbocycles. The van der Waals surface area contributed by atoms with Crippen LogP contribution in [0, 0.1) is 0 Å². The van der Waals surface area contributed by atoms with Gasteiger partial charge in [0.2, 0.25) is 0 Å². The van der Waals surface area contributed by atoms with Crippen molar-refractivity contribution in [1.29, 1.82) is 0 Å². The summed E-state index contributed by atoms with van der Waals surface area (Å²) in [5.41, 5.74) is 4.50. The fraction of sp³-hybridized carbons (Fsp3) is 0.158. The predicted octanol–water partition coefficient (Wildman–Crippen LogP) is 5.36. The molecule has 3 rings (SSSR count). The van der Waals surface area contributed by atoms with E-state index in [2.05, 4.69) is 4.98 Å². The van der Waals surface area contributed by atoms with E-state index in [1.807, 2.05) is 59.4 Å². The summed E-state index contributed by atoms with van der Waals surface area (Å²) in [6.45, 7) is 0.476. The fourth-order valence-corrected chi connectivity index (χ4v) is 4.20. The Morgan fingerprint density at radius 3 is 2.72 bits per heavy atom. The lowest BCUT2D eigenvalue weighted by molar-refractivity contribution is 0.0781. The molecule has 1 heterocycles. The van der Waals surface area contributed by atoms with Gasteiger partial charge in [0.15, 0.2) is 0 Å². The molecule has 3 aromatic rings. The molecule has 128 valence electrons. The Morgan fingerprint density at radius 2 is 1.96 bits per heavy atom. The van der Waals surface area contributed by atoms with Crippen LogP contribution in [0.1, 0.15) is 21.6 Å². The van der Waals surface area contributed by atoms with Gasteiger partial charge in [-0.25, -0.2) is 4.98 Å². The number of thiazole rings is 1. The van der Waals surface area contributed by atoms with Crippen LogP contribution in [0.4, 0.5) is 0 Å². The molecule has 6 heteroatoms. The summed E-state index contributed by atoms with van der Waals surface area (Å²) in [7, 11) is 1.80. The lowest BCUT2D eigenvalue weighted by Crippen LogP contribution is -2.26. The molecule has 2 aromatic carbocycles. The van der Waals surface area contributed by atoms with Crippen LogP contribution in [0.15, 0.2) is 64.3 Å². The van der Waals surface area contributed by atoms with Crippen LogP contribution < -0.4 is 0 Å². The zero-order valence-electron chi connectivity index (χ0n) is 13.7. The van der Waals surface area contributed by atoms with E-state index in [-0.39, 0.29) is 5.91 Å². The molecule has 0 atom stereocenters. The first-order valence-corrected chi connectivity index (χ1v) is 10.0. The number of carbonyl (C=O) groups is 1. The van der Waals surface area contributed by atoms with Gasteiger partial charge in [-0.05, 0) is 23.8 Å². The highest BCUT2D eigenvalue weighted by atomic mass is 35.5. The maximum absolute atomic E-state index is 12.9. The molecule has 25 heavy (non-hydrogen) atoms. The van der Waals surface area contributed by atoms with Crippen molar-refractivity contribution in [2.24, 2.45) is 0 Å². The van der Waals surface area contributed by atoms with Crippen molar-refractivity contribution in [3.8, 4) is 0 Å². The number of carbonyl (C=O) groups excluding carboxylic acids is 1. The number of nitrogens with zero attached hydrogens (tertiary/aromatic N) is 2. The van der Waals surface area contributed by atoms with Crippen molar-refractivity contribution in [3.05, 3.63) is 81.3 Å². The average Bonchev–Trinajstić information content (AvgIpc) is 3.15. The highest BCUT2D eigenvalue weighted by Crippen LogP contribution is 2.27. The quantitative estimate of drug-likeness (QED) is 0.533. The largest absolute Gasteiger partial charge is 0.337 e. The second-order valence-electron chi connectivity index (χ2n) is 5.52. The van der Waals surface area contributed by atoms with E-state index < -0.39 is 0 Å². The van der Waals surface area contributed by atoms with Crippen LogP contribution in [0.5, 0.6) is 0 Å². The third-order valence-corrected chi connectivity index (χ3v) is 5.80. The first-order chi connectivity index (χ1) is 12.1. The number of aromatic nitrogens is 1. The van der Waals surface area contributed by atoms with E-state index in [9.17, 15) is 4.79 Å². The van der Waals surface area contributed by atoms with Gasteiger partial charge >= 0.3 is 0 Å². The molecule has 0 saturated heterocycles. The Kier molecular flexibility index (Phi) is 6.13. The third kappa shape index (κ3) is 4.63. The molecule has 0 saturated carbocycles. The van der Waals surface area contributed by atoms with Crippen molar-refractivity contribution in [3.63, 3.8) is 0 Å². The van der Waals surface area contributed by atoms with Gasteiger partial charge in [0.25, 0.3) is 5.91 Å². The zero-order chi connectivity index (χ0) is 17.6. The minimum atomic E-state index is -0.0127. The van der Waals surface area contributed by atoms with Crippen molar-refractivity contribution >= 4 is 40.6 Å². The first kappa shape index (κ1) is 18.0. The van der Waals surface area contributed by atoms with Crippen molar-refractivity contribution in [2.45, 2.75) is 17.2 Å². The maximum Gasteiger partial charge on any atom is 0.255 e. The van der Waals surface area contributed by atoms with Crippen molar-refractivity contribution in [1.82, 2.24) is 9.88 Å². The molecule has 0 aliphatic rings. The second-order valence-corrected chi connectivity index (χ2v) is 7.66. The number of benzene rings is 2. The number of rotatable bonds is 6. The molecular weight excluding hydrogens is 372 g/mol. The molecular formula is C19H17ClN2OS2. The molecule has 0 bridgehead atoms. The molecule has 0 spiro atoms. The van der Waals surface area contributed by atoms with E-state index in [0.717, 1.165) is 21.9 Å². The molecule has 0 radical (unpaired) electrons. The topological polar surface area (TPSA) is 33.2 Å². The standard InChI is InChI=1S/C19H17ClN2OS2/c1-22(10-14-6-2-4-8-17(14)20)19(23)16-7-3-5-9-18(16)25-12-15-11-24-13-21-15/h2-9,11,13H,10,12H2,1H3. The Morgan fingerprint density at radius 1 is 1.20 bits per heavy atom. The summed E-state index contributed by atoms with van der Waals surface area (Å²) in [4.78, 5) is 19.9. The van der Waals surface area contributed by atoms with Crippen molar-refractivity contribution in [2.75, 3.05) is 7.05 Å². The number of hydrogen-bond donors (Lipinski definition) is 0. The van der Waals surface area contributed by atoms with Crippen LogP contribution in [0.2, 0.25) is 5.02 Å². The number of hydrogen-bond acceptors (Lipinski definition) is 4. The molecule has 0 N–H and O–H groups in total. The summed E-state index contributed by atoms with van der Waals surface area (Å²) in [5, 5.41) is 2.70. The van der Waals surface area contributed by atoms with E-state index >= 15 is 0 Å². The Balaban J connectivity index is 1.74. The summed E-state index contributed by atoms with van der Waals surface area (Å²) < 4.78 is 0. The zero-order valence-corrected chi connectivity index (χ0v) is 16.1. The smallest absolute Gasteiger partial charge is 0.255 e. The van der Waals surface area contributed by atoms with Crippen LogP contribution >= 0.6 is 34.7 Å². The summed E-state index contributed by atoms with van der Waals surface area (Å²) >= 11 is 9.42. The third-order valence-electron chi connectivity index (χ3n) is 3.69. The van der Waals surface area contributed by atoms with E-state index in [1.165, 1.54) is 0 Å². The molecule has 0 unspecified atom stereocenters. The normalized spacial score (nSPS) is 10.6. The van der Waals surface area contributed by atoms with Gasteiger partial charge in [-0.15, -0.1) is 23.1 Å². The van der Waals surface area contributed by atoms with Crippen LogP contribution in [0.25, 0.3) is 0 Å². The van der Waals surface area contributed by atoms with Gasteiger partial charge in [-0.2, -0.15) is 0 Å². The summed E-state index contributed by atoms with van der Waals surface area (Å²) in [6.07, 6.45) is 0. The van der Waals surface area contributed by atoms with Crippen LogP contribution in [0.3, 0.4) is 0 Å². The van der Waals surface area contributed by atoms with Crippen LogP contribution in [-0.2, 0) is 12.3 Å². The number of thioether (sulfide) groups is 1. The molecule has 1 amide bonds. The number of amides is 1. The Bertz CT molecular complexity index is 852. The highest BCUT2D eigenvalue weighted by Gasteiger charge is 2.17. The van der Waals surface area contributed by atoms with E-state index in [0.29, 0.717) is 17.1 Å². The van der Waals surface area contributed by atoms with Gasteiger partial charge in [0, 0.05) is 34.6 Å². The minimum absolute atomic E-state index is 0.0127. The molecule has 0 fully saturated rings. The molecule has 0 aliphatic heterocycles. The van der Waals surface area contributed by atoms with E-state index in [4.69, 9.17) is 11.6 Å².